The van der Waals surface area contributed by atoms with E-state index in [1.165, 1.54) is 16.2 Å². The number of carbonyl (C=O) groups is 1. The molecule has 0 saturated carbocycles. The van der Waals surface area contributed by atoms with Gasteiger partial charge in [-0.2, -0.15) is 4.98 Å². The molecule has 5 aromatic rings. The van der Waals surface area contributed by atoms with Crippen molar-refractivity contribution in [3.63, 3.8) is 0 Å². The number of likely N-dealkylation sites (N-methyl/N-ethyl adjacent to an activating group) is 1. The first-order chi connectivity index (χ1) is 16.6. The van der Waals surface area contributed by atoms with Crippen molar-refractivity contribution in [2.75, 3.05) is 7.05 Å². The summed E-state index contributed by atoms with van der Waals surface area (Å²) in [5.74, 6) is 0.926. The van der Waals surface area contributed by atoms with Gasteiger partial charge in [-0.05, 0) is 46.0 Å². The van der Waals surface area contributed by atoms with Crippen LogP contribution >= 0.6 is 0 Å². The SMILES string of the molecule is Cc1noc([C@@H](Cc2ccc3ccccc3c2)N(C)C(=O)[CH]Cc2ccc3ccccc3c2)n1. The van der Waals surface area contributed by atoms with Crippen molar-refractivity contribution in [3.8, 4) is 0 Å². The first-order valence-corrected chi connectivity index (χ1v) is 11.4. The predicted molar refractivity (Wildman–Crippen MR) is 134 cm³/mol. The lowest BCUT2D eigenvalue weighted by Crippen LogP contribution is -2.33. The summed E-state index contributed by atoms with van der Waals surface area (Å²) in [5, 5.41) is 8.67. The van der Waals surface area contributed by atoms with Crippen LogP contribution in [0.4, 0.5) is 0 Å². The van der Waals surface area contributed by atoms with Crippen molar-refractivity contribution in [3.05, 3.63) is 114 Å². The fourth-order valence-corrected chi connectivity index (χ4v) is 4.30. The number of hydrogen-bond acceptors (Lipinski definition) is 4. The third-order valence-electron chi connectivity index (χ3n) is 6.21. The summed E-state index contributed by atoms with van der Waals surface area (Å²) < 4.78 is 5.50. The topological polar surface area (TPSA) is 59.2 Å². The highest BCUT2D eigenvalue weighted by Crippen LogP contribution is 2.26. The van der Waals surface area contributed by atoms with Gasteiger partial charge in [0.2, 0.25) is 11.8 Å². The molecule has 0 N–H and O–H groups in total. The van der Waals surface area contributed by atoms with Gasteiger partial charge in [-0.1, -0.05) is 90.1 Å². The summed E-state index contributed by atoms with van der Waals surface area (Å²) in [7, 11) is 1.80. The van der Waals surface area contributed by atoms with Gasteiger partial charge in [0.25, 0.3) is 0 Å². The monoisotopic (exact) mass is 448 g/mol. The summed E-state index contributed by atoms with van der Waals surface area (Å²) >= 11 is 0. The number of aryl methyl sites for hydroxylation is 1. The number of benzene rings is 4. The lowest BCUT2D eigenvalue weighted by atomic mass is 10.00. The van der Waals surface area contributed by atoms with Gasteiger partial charge in [0, 0.05) is 13.5 Å². The Morgan fingerprint density at radius 1 is 0.882 bits per heavy atom. The molecule has 0 saturated heterocycles. The maximum atomic E-state index is 13.2. The van der Waals surface area contributed by atoms with Crippen molar-refractivity contribution in [2.24, 2.45) is 0 Å². The van der Waals surface area contributed by atoms with E-state index in [2.05, 4.69) is 70.8 Å². The third kappa shape index (κ3) is 4.69. The molecule has 0 aliphatic heterocycles. The van der Waals surface area contributed by atoms with Crippen LogP contribution in [0.25, 0.3) is 21.5 Å². The van der Waals surface area contributed by atoms with E-state index in [1.807, 2.05) is 24.3 Å². The Morgan fingerprint density at radius 3 is 2.09 bits per heavy atom. The second-order valence-electron chi connectivity index (χ2n) is 8.62. The van der Waals surface area contributed by atoms with Gasteiger partial charge in [-0.15, -0.1) is 0 Å². The molecule has 1 radical (unpaired) electrons. The highest BCUT2D eigenvalue weighted by atomic mass is 16.5. The zero-order chi connectivity index (χ0) is 23.5. The lowest BCUT2D eigenvalue weighted by Gasteiger charge is -2.25. The number of carbonyl (C=O) groups excluding carboxylic acids is 1. The van der Waals surface area contributed by atoms with Crippen LogP contribution in [-0.4, -0.2) is 28.0 Å². The first-order valence-electron chi connectivity index (χ1n) is 11.4. The van der Waals surface area contributed by atoms with Crippen LogP contribution in [0.5, 0.6) is 0 Å². The lowest BCUT2D eigenvalue weighted by molar-refractivity contribution is -0.129. The molecule has 1 aromatic heterocycles. The summed E-state index contributed by atoms with van der Waals surface area (Å²) in [6, 6.07) is 28.8. The molecule has 4 aromatic carbocycles. The maximum Gasteiger partial charge on any atom is 0.249 e. The van der Waals surface area contributed by atoms with Crippen LogP contribution in [0.15, 0.2) is 89.5 Å². The van der Waals surface area contributed by atoms with E-state index in [1.54, 1.807) is 25.3 Å². The second-order valence-corrected chi connectivity index (χ2v) is 8.62. The molecule has 5 heteroatoms. The molecule has 0 aliphatic rings. The average Bonchev–Trinajstić information content (AvgIpc) is 3.31. The standard InChI is InChI=1S/C29H26N3O2/c1-20-30-29(34-31-20)27(19-22-12-15-24-8-4-6-10-26(24)18-22)32(2)28(33)16-13-21-11-14-23-7-3-5-9-25(23)17-21/h3-12,14-18,27H,13,19H2,1-2H3/t27-/m1/s1. The van der Waals surface area contributed by atoms with Crippen LogP contribution in [-0.2, 0) is 17.6 Å². The van der Waals surface area contributed by atoms with E-state index in [4.69, 9.17) is 4.52 Å². The van der Waals surface area contributed by atoms with E-state index in [0.717, 1.165) is 16.5 Å². The van der Waals surface area contributed by atoms with Crippen molar-refractivity contribution in [1.82, 2.24) is 15.0 Å². The Balaban J connectivity index is 1.34. The molecule has 0 spiro atoms. The largest absolute Gasteiger partial charge is 0.337 e. The van der Waals surface area contributed by atoms with E-state index in [0.29, 0.717) is 24.6 Å². The second kappa shape index (κ2) is 9.48. The molecule has 1 heterocycles. The Labute approximate surface area is 199 Å². The zero-order valence-corrected chi connectivity index (χ0v) is 19.3. The van der Waals surface area contributed by atoms with Gasteiger partial charge in [0.15, 0.2) is 5.82 Å². The number of nitrogens with zero attached hydrogens (tertiary/aromatic N) is 3. The van der Waals surface area contributed by atoms with Gasteiger partial charge in [0.05, 0.1) is 6.42 Å². The van der Waals surface area contributed by atoms with E-state index in [-0.39, 0.29) is 11.9 Å². The van der Waals surface area contributed by atoms with Gasteiger partial charge in [0.1, 0.15) is 6.04 Å². The minimum absolute atomic E-state index is 0.0743. The Morgan fingerprint density at radius 2 is 1.47 bits per heavy atom. The van der Waals surface area contributed by atoms with Crippen molar-refractivity contribution < 1.29 is 9.32 Å². The zero-order valence-electron chi connectivity index (χ0n) is 19.3. The smallest absolute Gasteiger partial charge is 0.249 e. The minimum Gasteiger partial charge on any atom is -0.337 e. The average molecular weight is 449 g/mol. The number of aromatic nitrogens is 2. The number of amides is 1. The molecule has 1 atom stereocenters. The van der Waals surface area contributed by atoms with E-state index >= 15 is 0 Å². The summed E-state index contributed by atoms with van der Waals surface area (Å²) in [5.41, 5.74) is 2.20. The number of fused-ring (bicyclic) bond motifs is 2. The van der Waals surface area contributed by atoms with Crippen molar-refractivity contribution in [1.29, 1.82) is 0 Å². The molecule has 0 aliphatic carbocycles. The number of hydrogen-bond donors (Lipinski definition) is 0. The summed E-state index contributed by atoms with van der Waals surface area (Å²) in [6.45, 7) is 1.79. The first kappa shape index (κ1) is 21.8. The molecule has 169 valence electrons. The summed E-state index contributed by atoms with van der Waals surface area (Å²) in [4.78, 5) is 19.3. The number of rotatable bonds is 7. The van der Waals surface area contributed by atoms with Gasteiger partial charge >= 0.3 is 0 Å². The van der Waals surface area contributed by atoms with Gasteiger partial charge in [-0.25, -0.2) is 0 Å². The van der Waals surface area contributed by atoms with Crippen LogP contribution in [0.3, 0.4) is 0 Å². The summed E-state index contributed by atoms with van der Waals surface area (Å²) in [6.07, 6.45) is 2.86. The molecular weight excluding hydrogens is 422 g/mol. The normalized spacial score (nSPS) is 12.2. The molecule has 0 fully saturated rings. The minimum atomic E-state index is -0.359. The molecular formula is C29H26N3O2. The van der Waals surface area contributed by atoms with Crippen molar-refractivity contribution >= 4 is 27.5 Å². The third-order valence-corrected chi connectivity index (χ3v) is 6.21. The Kier molecular flexibility index (Phi) is 6.09. The Hall–Kier alpha value is -3.99. The molecule has 1 amide bonds. The van der Waals surface area contributed by atoms with Crippen LogP contribution in [0.1, 0.15) is 28.9 Å². The van der Waals surface area contributed by atoms with E-state index < -0.39 is 0 Å². The highest BCUT2D eigenvalue weighted by molar-refractivity contribution is 5.86. The fourth-order valence-electron chi connectivity index (χ4n) is 4.30. The quantitative estimate of drug-likeness (QED) is 0.312. The predicted octanol–water partition coefficient (Wildman–Crippen LogP) is 5.87. The molecule has 0 bridgehead atoms. The Bertz CT molecular complexity index is 1460. The van der Waals surface area contributed by atoms with Crippen LogP contribution in [0, 0.1) is 13.3 Å². The van der Waals surface area contributed by atoms with Crippen LogP contribution in [0.2, 0.25) is 0 Å². The molecule has 5 rings (SSSR count). The molecule has 0 unspecified atom stereocenters. The van der Waals surface area contributed by atoms with Crippen molar-refractivity contribution in [2.45, 2.75) is 25.8 Å². The van der Waals surface area contributed by atoms with Gasteiger partial charge < -0.3 is 9.42 Å². The maximum absolute atomic E-state index is 13.2. The van der Waals surface area contributed by atoms with Crippen LogP contribution < -0.4 is 0 Å². The van der Waals surface area contributed by atoms with E-state index in [9.17, 15) is 4.79 Å². The highest BCUT2D eigenvalue weighted by Gasteiger charge is 2.27. The molecule has 5 nitrogen and oxygen atoms in total. The fraction of sp³-hybridized carbons (Fsp3) is 0.172. The molecule has 34 heavy (non-hydrogen) atoms. The van der Waals surface area contributed by atoms with Gasteiger partial charge in [-0.3, -0.25) is 4.79 Å².